The minimum Gasteiger partial charge on any atom is -0.456 e. The van der Waals surface area contributed by atoms with Gasteiger partial charge in [-0.3, -0.25) is 20.2 Å². The minimum atomic E-state index is -0.518. The molecule has 0 aliphatic carbocycles. The molecule has 0 radical (unpaired) electrons. The normalized spacial score (nSPS) is 10.4. The van der Waals surface area contributed by atoms with Crippen molar-refractivity contribution in [1.82, 2.24) is 0 Å². The van der Waals surface area contributed by atoms with Crippen LogP contribution in [0.15, 0.2) is 84.9 Å². The van der Waals surface area contributed by atoms with Crippen LogP contribution in [-0.2, 0) is 0 Å². The van der Waals surface area contributed by atoms with Crippen LogP contribution in [0.2, 0.25) is 10.0 Å². The van der Waals surface area contributed by atoms with E-state index in [0.29, 0.717) is 28.7 Å². The predicted molar refractivity (Wildman–Crippen MR) is 169 cm³/mol. The van der Waals surface area contributed by atoms with Crippen LogP contribution in [0.3, 0.4) is 0 Å². The van der Waals surface area contributed by atoms with Crippen LogP contribution in [0.25, 0.3) is 0 Å². The molecule has 0 amide bonds. The van der Waals surface area contributed by atoms with E-state index in [1.807, 2.05) is 18.2 Å². The molecule has 4 aromatic rings. The highest BCUT2D eigenvalue weighted by Crippen LogP contribution is 2.34. The number of halogens is 3. The fraction of sp³-hybridized carbons (Fsp3) is 0.172. The maximum Gasteiger partial charge on any atom is 0.271 e. The van der Waals surface area contributed by atoms with Crippen LogP contribution >= 0.6 is 35.6 Å². The van der Waals surface area contributed by atoms with E-state index >= 15 is 0 Å². The highest BCUT2D eigenvalue weighted by molar-refractivity contribution is 6.32. The largest absolute Gasteiger partial charge is 0.456 e. The van der Waals surface area contributed by atoms with Crippen molar-refractivity contribution in [3.8, 4) is 23.0 Å². The molecule has 222 valence electrons. The predicted octanol–water partition coefficient (Wildman–Crippen LogP) is 9.54. The number of non-ortho nitro benzene ring substituents is 2. The molecular formula is C29H29Cl3N4O6. The topological polar surface area (TPSA) is 143 Å². The lowest BCUT2D eigenvalue weighted by molar-refractivity contribution is -0.385. The zero-order valence-electron chi connectivity index (χ0n) is 22.9. The average molecular weight is 636 g/mol. The number of hydrogen-bond donors (Lipinski definition) is 2. The van der Waals surface area contributed by atoms with Crippen LogP contribution in [0.1, 0.15) is 20.8 Å². The van der Waals surface area contributed by atoms with Gasteiger partial charge in [0, 0.05) is 54.3 Å². The first-order valence-electron chi connectivity index (χ1n) is 12.2. The van der Waals surface area contributed by atoms with E-state index in [1.54, 1.807) is 30.3 Å². The van der Waals surface area contributed by atoms with Crippen molar-refractivity contribution in [1.29, 1.82) is 0 Å². The van der Waals surface area contributed by atoms with Crippen molar-refractivity contribution in [2.24, 2.45) is 5.41 Å². The summed E-state index contributed by atoms with van der Waals surface area (Å²) in [6.07, 6.45) is 0. The van der Waals surface area contributed by atoms with Gasteiger partial charge in [-0.15, -0.1) is 12.4 Å². The number of nitrogens with two attached hydrogens (primary N) is 1. The lowest BCUT2D eigenvalue weighted by atomic mass is 9.97. The van der Waals surface area contributed by atoms with Gasteiger partial charge in [-0.25, -0.2) is 0 Å². The number of hydrogen-bond acceptors (Lipinski definition) is 8. The Hall–Kier alpha value is -4.25. The first-order chi connectivity index (χ1) is 19.3. The monoisotopic (exact) mass is 634 g/mol. The van der Waals surface area contributed by atoms with Crippen LogP contribution in [-0.4, -0.2) is 16.4 Å². The molecule has 0 unspecified atom stereocenters. The second-order valence-corrected chi connectivity index (χ2v) is 10.8. The number of nitrogen functional groups attached to an aromatic ring is 1. The summed E-state index contributed by atoms with van der Waals surface area (Å²) >= 11 is 11.9. The Morgan fingerprint density at radius 1 is 0.762 bits per heavy atom. The summed E-state index contributed by atoms with van der Waals surface area (Å²) in [6, 6.07) is 22.5. The smallest absolute Gasteiger partial charge is 0.271 e. The molecule has 0 atom stereocenters. The van der Waals surface area contributed by atoms with Crippen molar-refractivity contribution in [2.45, 2.75) is 20.8 Å². The highest BCUT2D eigenvalue weighted by Gasteiger charge is 2.13. The molecule has 42 heavy (non-hydrogen) atoms. The number of nitrogens with zero attached hydrogens (tertiary/aromatic N) is 2. The number of anilines is 2. The number of benzene rings is 4. The SMILES string of the molecule is CC(C)(C)CNc1cccc(Oc2ccc([N+](=O)[O-])cc2Cl)c1.Cl.Nc1cccc(Oc2ccc([N+](=O)[O-])cc2Cl)c1. The van der Waals surface area contributed by atoms with Crippen molar-refractivity contribution in [2.75, 3.05) is 17.6 Å². The Kier molecular flexibility index (Phi) is 12.2. The third-order valence-corrected chi connectivity index (χ3v) is 5.81. The summed E-state index contributed by atoms with van der Waals surface area (Å²) in [4.78, 5) is 20.3. The number of rotatable bonds is 8. The van der Waals surface area contributed by atoms with Crippen molar-refractivity contribution in [3.05, 3.63) is 115 Å². The first kappa shape index (κ1) is 34.0. The Balaban J connectivity index is 0.000000295. The molecule has 3 N–H and O–H groups in total. The third kappa shape index (κ3) is 10.6. The van der Waals surface area contributed by atoms with E-state index in [0.717, 1.165) is 12.2 Å². The molecule has 10 nitrogen and oxygen atoms in total. The van der Waals surface area contributed by atoms with Gasteiger partial charge in [0.15, 0.2) is 0 Å². The Morgan fingerprint density at radius 3 is 1.67 bits per heavy atom. The summed E-state index contributed by atoms with van der Waals surface area (Å²) in [5.74, 6) is 1.85. The molecule has 0 saturated carbocycles. The molecule has 0 aliphatic rings. The summed E-state index contributed by atoms with van der Waals surface area (Å²) < 4.78 is 11.2. The number of ether oxygens (including phenoxy) is 2. The van der Waals surface area contributed by atoms with E-state index in [1.165, 1.54) is 36.4 Å². The van der Waals surface area contributed by atoms with Gasteiger partial charge in [0.05, 0.1) is 19.9 Å². The third-order valence-electron chi connectivity index (χ3n) is 5.22. The molecule has 0 fully saturated rings. The summed E-state index contributed by atoms with van der Waals surface area (Å²) in [7, 11) is 0. The van der Waals surface area contributed by atoms with E-state index in [-0.39, 0.29) is 39.2 Å². The van der Waals surface area contributed by atoms with E-state index in [2.05, 4.69) is 26.1 Å². The van der Waals surface area contributed by atoms with Crippen LogP contribution in [0.5, 0.6) is 23.0 Å². The van der Waals surface area contributed by atoms with Gasteiger partial charge in [-0.05, 0) is 41.8 Å². The van der Waals surface area contributed by atoms with Crippen molar-refractivity contribution >= 4 is 58.4 Å². The minimum absolute atomic E-state index is 0. The van der Waals surface area contributed by atoms with Gasteiger partial charge in [-0.1, -0.05) is 56.1 Å². The molecule has 0 saturated heterocycles. The second-order valence-electron chi connectivity index (χ2n) is 9.96. The standard InChI is InChI=1S/C17H19ClN2O3.C12H9ClN2O3.ClH/c1-17(2,3)11-19-12-5-4-6-14(9-12)23-16-8-7-13(20(21)22)10-15(16)18;13-11-7-9(15(16)17)4-5-12(11)18-10-3-1-2-8(14)6-10;/h4-10,19H,11H2,1-3H3;1-7H,14H2;1H. The van der Waals surface area contributed by atoms with Crippen molar-refractivity contribution < 1.29 is 19.3 Å². The zero-order valence-corrected chi connectivity index (χ0v) is 25.2. The van der Waals surface area contributed by atoms with E-state index < -0.39 is 9.85 Å². The lowest BCUT2D eigenvalue weighted by Crippen LogP contribution is -2.18. The number of nitro benzene ring substituents is 2. The summed E-state index contributed by atoms with van der Waals surface area (Å²) in [5, 5.41) is 25.0. The van der Waals surface area contributed by atoms with Gasteiger partial charge < -0.3 is 20.5 Å². The lowest BCUT2D eigenvalue weighted by Gasteiger charge is -2.20. The van der Waals surface area contributed by atoms with Crippen LogP contribution in [0.4, 0.5) is 22.7 Å². The summed E-state index contributed by atoms with van der Waals surface area (Å²) in [6.45, 7) is 7.28. The molecule has 0 bridgehead atoms. The molecule has 0 heterocycles. The van der Waals surface area contributed by atoms with Gasteiger partial charge >= 0.3 is 0 Å². The molecule has 0 aliphatic heterocycles. The van der Waals surface area contributed by atoms with Gasteiger partial charge in [-0.2, -0.15) is 0 Å². The van der Waals surface area contributed by atoms with Crippen LogP contribution < -0.4 is 20.5 Å². The maximum atomic E-state index is 10.7. The van der Waals surface area contributed by atoms with E-state index in [9.17, 15) is 20.2 Å². The van der Waals surface area contributed by atoms with Gasteiger partial charge in [0.25, 0.3) is 11.4 Å². The number of nitrogens with one attached hydrogen (secondary N) is 1. The molecule has 0 spiro atoms. The summed E-state index contributed by atoms with van der Waals surface area (Å²) in [5.41, 5.74) is 7.13. The molecule has 4 aromatic carbocycles. The van der Waals surface area contributed by atoms with Crippen molar-refractivity contribution in [3.63, 3.8) is 0 Å². The fourth-order valence-corrected chi connectivity index (χ4v) is 3.67. The Labute approximate surface area is 259 Å². The molecule has 13 heteroatoms. The average Bonchev–Trinajstić information content (AvgIpc) is 2.90. The van der Waals surface area contributed by atoms with Gasteiger partial charge in [0.2, 0.25) is 0 Å². The van der Waals surface area contributed by atoms with Gasteiger partial charge in [0.1, 0.15) is 23.0 Å². The zero-order chi connectivity index (χ0) is 30.2. The number of nitro groups is 2. The van der Waals surface area contributed by atoms with E-state index in [4.69, 9.17) is 38.4 Å². The fourth-order valence-electron chi connectivity index (χ4n) is 3.24. The quantitative estimate of drug-likeness (QED) is 0.111. The first-order valence-corrected chi connectivity index (χ1v) is 13.0. The second kappa shape index (κ2) is 15.1. The highest BCUT2D eigenvalue weighted by atomic mass is 35.5. The maximum absolute atomic E-state index is 10.7. The molecule has 4 rings (SSSR count). The molecule has 0 aromatic heterocycles. The Morgan fingerprint density at radius 2 is 1.24 bits per heavy atom. The van der Waals surface area contributed by atoms with Crippen LogP contribution in [0, 0.1) is 25.6 Å². The Bertz CT molecular complexity index is 1550. The molecular weight excluding hydrogens is 607 g/mol.